The molecule has 0 radical (unpaired) electrons. The maximum Gasteiger partial charge on any atom is 0.323 e. The molecule has 5 nitrogen and oxygen atoms in total. The van der Waals surface area contributed by atoms with Crippen LogP contribution in [0.4, 0.5) is 0 Å². The third kappa shape index (κ3) is 6.49. The molecule has 0 aromatic heterocycles. The monoisotopic (exact) mass is 313 g/mol. The SMILES string of the molecule is CC(C)CN(CC(=O)O)C(=O)CCOc1ccccc1Cl. The summed E-state index contributed by atoms with van der Waals surface area (Å²) in [5.41, 5.74) is 0. The van der Waals surface area contributed by atoms with Gasteiger partial charge in [0, 0.05) is 6.54 Å². The van der Waals surface area contributed by atoms with Gasteiger partial charge in [0.2, 0.25) is 5.91 Å². The van der Waals surface area contributed by atoms with E-state index in [-0.39, 0.29) is 31.4 Å². The number of para-hydroxylation sites is 1. The Morgan fingerprint density at radius 3 is 2.57 bits per heavy atom. The number of hydrogen-bond donors (Lipinski definition) is 1. The minimum Gasteiger partial charge on any atom is -0.491 e. The summed E-state index contributed by atoms with van der Waals surface area (Å²) in [6.07, 6.45) is 0.116. The Labute approximate surface area is 129 Å². The zero-order chi connectivity index (χ0) is 15.8. The van der Waals surface area contributed by atoms with Crippen LogP contribution in [0.15, 0.2) is 24.3 Å². The molecule has 1 aromatic rings. The normalized spacial score (nSPS) is 10.5. The van der Waals surface area contributed by atoms with E-state index in [4.69, 9.17) is 21.4 Å². The molecule has 0 saturated carbocycles. The zero-order valence-corrected chi connectivity index (χ0v) is 13.0. The van der Waals surface area contributed by atoms with Crippen LogP contribution in [0.5, 0.6) is 5.75 Å². The van der Waals surface area contributed by atoms with Crippen LogP contribution in [-0.4, -0.2) is 41.6 Å². The highest BCUT2D eigenvalue weighted by Crippen LogP contribution is 2.23. The van der Waals surface area contributed by atoms with Crippen molar-refractivity contribution in [1.82, 2.24) is 4.90 Å². The van der Waals surface area contributed by atoms with Crippen LogP contribution in [0.2, 0.25) is 5.02 Å². The fourth-order valence-electron chi connectivity index (χ4n) is 1.83. The van der Waals surface area contributed by atoms with Crippen molar-refractivity contribution in [1.29, 1.82) is 0 Å². The first-order valence-electron chi connectivity index (χ1n) is 6.77. The third-order valence-corrected chi connectivity index (χ3v) is 2.99. The van der Waals surface area contributed by atoms with Gasteiger partial charge in [-0.2, -0.15) is 0 Å². The lowest BCUT2D eigenvalue weighted by atomic mass is 10.2. The highest BCUT2D eigenvalue weighted by molar-refractivity contribution is 6.32. The van der Waals surface area contributed by atoms with Gasteiger partial charge in [-0.25, -0.2) is 0 Å². The minimum atomic E-state index is -1.02. The fraction of sp³-hybridized carbons (Fsp3) is 0.467. The molecule has 0 bridgehead atoms. The van der Waals surface area contributed by atoms with E-state index < -0.39 is 5.97 Å². The summed E-state index contributed by atoms with van der Waals surface area (Å²) in [7, 11) is 0. The first-order valence-corrected chi connectivity index (χ1v) is 7.15. The van der Waals surface area contributed by atoms with E-state index in [2.05, 4.69) is 0 Å². The number of rotatable bonds is 8. The number of benzene rings is 1. The summed E-state index contributed by atoms with van der Waals surface area (Å²) in [5.74, 6) is -0.535. The van der Waals surface area contributed by atoms with E-state index in [1.165, 1.54) is 4.90 Å². The number of carbonyl (C=O) groups is 2. The zero-order valence-electron chi connectivity index (χ0n) is 12.2. The Kier molecular flexibility index (Phi) is 7.02. The summed E-state index contributed by atoms with van der Waals surface area (Å²) in [6, 6.07) is 7.00. The first kappa shape index (κ1) is 17.3. The van der Waals surface area contributed by atoms with Crippen LogP contribution < -0.4 is 4.74 Å². The van der Waals surface area contributed by atoms with Gasteiger partial charge in [-0.05, 0) is 18.1 Å². The topological polar surface area (TPSA) is 66.8 Å². The Balaban J connectivity index is 2.49. The van der Waals surface area contributed by atoms with Gasteiger partial charge >= 0.3 is 5.97 Å². The molecule has 0 spiro atoms. The number of hydrogen-bond acceptors (Lipinski definition) is 3. The predicted molar refractivity (Wildman–Crippen MR) is 80.6 cm³/mol. The predicted octanol–water partition coefficient (Wildman–Crippen LogP) is 2.68. The smallest absolute Gasteiger partial charge is 0.323 e. The van der Waals surface area contributed by atoms with Crippen molar-refractivity contribution in [3.63, 3.8) is 0 Å². The minimum absolute atomic E-state index is 0.116. The van der Waals surface area contributed by atoms with Crippen LogP contribution in [-0.2, 0) is 9.59 Å². The molecule has 0 fully saturated rings. The highest BCUT2D eigenvalue weighted by atomic mass is 35.5. The molecule has 116 valence electrons. The largest absolute Gasteiger partial charge is 0.491 e. The van der Waals surface area contributed by atoms with Crippen LogP contribution in [0.25, 0.3) is 0 Å². The van der Waals surface area contributed by atoms with Gasteiger partial charge in [-0.1, -0.05) is 37.6 Å². The number of carboxylic acids is 1. The van der Waals surface area contributed by atoms with E-state index in [9.17, 15) is 9.59 Å². The molecule has 0 atom stereocenters. The average Bonchev–Trinajstić information content (AvgIpc) is 2.39. The molecule has 1 N–H and O–H groups in total. The van der Waals surface area contributed by atoms with Crippen molar-refractivity contribution >= 4 is 23.5 Å². The third-order valence-electron chi connectivity index (χ3n) is 2.67. The molecule has 0 aliphatic heterocycles. The molecule has 21 heavy (non-hydrogen) atoms. The van der Waals surface area contributed by atoms with Crippen LogP contribution in [0.1, 0.15) is 20.3 Å². The van der Waals surface area contributed by atoms with Crippen molar-refractivity contribution in [3.8, 4) is 5.75 Å². The number of nitrogens with zero attached hydrogens (tertiary/aromatic N) is 1. The Morgan fingerprint density at radius 1 is 1.33 bits per heavy atom. The Bertz CT molecular complexity index is 490. The Hall–Kier alpha value is -1.75. The van der Waals surface area contributed by atoms with E-state index >= 15 is 0 Å². The van der Waals surface area contributed by atoms with Crippen molar-refractivity contribution in [2.75, 3.05) is 19.7 Å². The van der Waals surface area contributed by atoms with Gasteiger partial charge in [0.1, 0.15) is 12.3 Å². The molecule has 6 heteroatoms. The first-order chi connectivity index (χ1) is 9.90. The van der Waals surface area contributed by atoms with Crippen LogP contribution >= 0.6 is 11.6 Å². The summed E-state index contributed by atoms with van der Waals surface area (Å²) in [4.78, 5) is 24.2. The second-order valence-electron chi connectivity index (χ2n) is 5.09. The molecule has 0 heterocycles. The second-order valence-corrected chi connectivity index (χ2v) is 5.50. The van der Waals surface area contributed by atoms with E-state index in [0.29, 0.717) is 17.3 Å². The molecule has 0 saturated heterocycles. The van der Waals surface area contributed by atoms with Crippen molar-refractivity contribution in [2.45, 2.75) is 20.3 Å². The quantitative estimate of drug-likeness (QED) is 0.801. The molecule has 0 aliphatic carbocycles. The molecule has 1 aromatic carbocycles. The Morgan fingerprint density at radius 2 is 2.00 bits per heavy atom. The molecule has 1 rings (SSSR count). The number of aliphatic carboxylic acids is 1. The molecular weight excluding hydrogens is 294 g/mol. The van der Waals surface area contributed by atoms with Gasteiger partial charge in [-0.15, -0.1) is 0 Å². The summed E-state index contributed by atoms with van der Waals surface area (Å²) < 4.78 is 5.44. The number of ether oxygens (including phenoxy) is 1. The van der Waals surface area contributed by atoms with Crippen molar-refractivity contribution < 1.29 is 19.4 Å². The van der Waals surface area contributed by atoms with Gasteiger partial charge in [0.25, 0.3) is 0 Å². The maximum absolute atomic E-state index is 12.0. The lowest BCUT2D eigenvalue weighted by Gasteiger charge is -2.22. The summed E-state index contributed by atoms with van der Waals surface area (Å²) in [6.45, 7) is 4.15. The fourth-order valence-corrected chi connectivity index (χ4v) is 2.02. The van der Waals surface area contributed by atoms with Crippen LogP contribution in [0.3, 0.4) is 0 Å². The number of carboxylic acid groups (broad SMARTS) is 1. The molecule has 0 unspecified atom stereocenters. The lowest BCUT2D eigenvalue weighted by Crippen LogP contribution is -2.38. The second kappa shape index (κ2) is 8.52. The van der Waals surface area contributed by atoms with Gasteiger partial charge in [0.15, 0.2) is 0 Å². The van der Waals surface area contributed by atoms with Crippen molar-refractivity contribution in [2.24, 2.45) is 5.92 Å². The summed E-state index contributed by atoms with van der Waals surface area (Å²) >= 11 is 5.94. The van der Waals surface area contributed by atoms with E-state index in [0.717, 1.165) is 0 Å². The number of amides is 1. The van der Waals surface area contributed by atoms with E-state index in [1.54, 1.807) is 24.3 Å². The number of halogens is 1. The van der Waals surface area contributed by atoms with Crippen molar-refractivity contribution in [3.05, 3.63) is 29.3 Å². The lowest BCUT2D eigenvalue weighted by molar-refractivity contribution is -0.145. The average molecular weight is 314 g/mol. The van der Waals surface area contributed by atoms with E-state index in [1.807, 2.05) is 13.8 Å². The van der Waals surface area contributed by atoms with Gasteiger partial charge in [0.05, 0.1) is 18.1 Å². The number of carbonyl (C=O) groups excluding carboxylic acids is 1. The molecule has 0 aliphatic rings. The highest BCUT2D eigenvalue weighted by Gasteiger charge is 2.17. The van der Waals surface area contributed by atoms with Gasteiger partial charge in [-0.3, -0.25) is 9.59 Å². The van der Waals surface area contributed by atoms with Crippen LogP contribution in [0, 0.1) is 5.92 Å². The maximum atomic E-state index is 12.0. The molecule has 1 amide bonds. The van der Waals surface area contributed by atoms with Gasteiger partial charge < -0.3 is 14.7 Å². The molecular formula is C15H20ClNO4. The standard InChI is InChI=1S/C15H20ClNO4/c1-11(2)9-17(10-15(19)20)14(18)7-8-21-13-6-4-3-5-12(13)16/h3-6,11H,7-10H2,1-2H3,(H,19,20). The summed E-state index contributed by atoms with van der Waals surface area (Å²) in [5, 5.41) is 9.32.